The molecule has 7 nitrogen and oxygen atoms in total. The van der Waals surface area contributed by atoms with Gasteiger partial charge < -0.3 is 15.2 Å². The lowest BCUT2D eigenvalue weighted by molar-refractivity contribution is -0.137. The average molecular weight is 428 g/mol. The molecular weight excluding hydrogens is 413 g/mol. The van der Waals surface area contributed by atoms with Crippen molar-refractivity contribution < 1.29 is 36.3 Å². The number of hydrogen-bond acceptors (Lipinski definition) is 5. The van der Waals surface area contributed by atoms with E-state index in [0.717, 1.165) is 6.07 Å². The van der Waals surface area contributed by atoms with Crippen molar-refractivity contribution in [1.82, 2.24) is 4.98 Å². The van der Waals surface area contributed by atoms with Crippen molar-refractivity contribution in [3.05, 3.63) is 77.9 Å². The number of rotatable bonds is 5. The number of sulfone groups is 1. The summed E-state index contributed by atoms with van der Waals surface area (Å²) in [4.78, 5) is 15.5. The van der Waals surface area contributed by atoms with Gasteiger partial charge in [0.15, 0.2) is 10.8 Å². The van der Waals surface area contributed by atoms with Gasteiger partial charge in [0.25, 0.3) is 5.91 Å². The molecule has 0 unspecified atom stereocenters. The fourth-order valence-electron chi connectivity index (χ4n) is 2.28. The Morgan fingerprint density at radius 2 is 1.72 bits per heavy atom. The summed E-state index contributed by atoms with van der Waals surface area (Å²) in [6.07, 6.45) is -4.16. The third kappa shape index (κ3) is 5.42. The smallest absolute Gasteiger partial charge is 0.417 e. The van der Waals surface area contributed by atoms with Crippen molar-refractivity contribution in [3.8, 4) is 0 Å². The number of nitrogens with one attached hydrogen (secondary N) is 1. The predicted molar refractivity (Wildman–Crippen MR) is 96.8 cm³/mol. The fourth-order valence-corrected chi connectivity index (χ4v) is 3.45. The summed E-state index contributed by atoms with van der Waals surface area (Å²) in [6, 6.07) is 12.6. The number of amides is 1. The van der Waals surface area contributed by atoms with Crippen molar-refractivity contribution in [2.24, 2.45) is 0 Å². The normalized spacial score (nSPS) is 11.6. The van der Waals surface area contributed by atoms with E-state index in [1.807, 2.05) is 0 Å². The van der Waals surface area contributed by atoms with Crippen LogP contribution < -0.4 is 5.32 Å². The molecule has 0 aliphatic carbocycles. The molecule has 2 aromatic heterocycles. The Morgan fingerprint density at radius 1 is 1.03 bits per heavy atom. The fraction of sp³-hybridized carbons (Fsp3) is 0.111. The Bertz CT molecular complexity index is 1080. The molecule has 154 valence electrons. The summed E-state index contributed by atoms with van der Waals surface area (Å²) in [5, 5.41) is 2.06. The highest BCUT2D eigenvalue weighted by molar-refractivity contribution is 7.90. The van der Waals surface area contributed by atoms with E-state index in [4.69, 9.17) is 4.42 Å². The highest BCUT2D eigenvalue weighted by Gasteiger charge is 2.31. The molecule has 0 saturated heterocycles. The highest BCUT2D eigenvalue weighted by Crippen LogP contribution is 2.29. The molecule has 0 saturated carbocycles. The van der Waals surface area contributed by atoms with Gasteiger partial charge in [-0.1, -0.05) is 18.2 Å². The van der Waals surface area contributed by atoms with Crippen molar-refractivity contribution >= 4 is 21.4 Å². The highest BCUT2D eigenvalue weighted by atomic mass is 32.2. The van der Waals surface area contributed by atoms with E-state index >= 15 is 0 Å². The van der Waals surface area contributed by atoms with E-state index in [1.54, 1.807) is 30.3 Å². The number of pyridine rings is 1. The molecule has 0 radical (unpaired) electrons. The topological polar surface area (TPSA) is 121 Å². The number of alkyl halides is 3. The maximum atomic E-state index is 12.6. The number of furan rings is 1. The summed E-state index contributed by atoms with van der Waals surface area (Å²) < 4.78 is 67.6. The van der Waals surface area contributed by atoms with E-state index in [1.165, 1.54) is 12.1 Å². The second-order valence-corrected chi connectivity index (χ2v) is 7.66. The number of carbonyl (C=O) groups is 1. The zero-order chi connectivity index (χ0) is 20.4. The molecular formula is C18H15F3N2O5S. The summed E-state index contributed by atoms with van der Waals surface area (Å²) in [7, 11) is -4.05. The van der Waals surface area contributed by atoms with E-state index in [9.17, 15) is 26.4 Å². The standard InChI is InChI=1S/C18H13F3N2O4S.H2O/c19-18(20,21)12-6-9-16(22-10-12)28(25,26)11-14-7-8-15(27-14)17(24)23-13-4-2-1-3-5-13;/h1-10H,11H2,(H,23,24);1H2. The Kier molecular flexibility index (Phi) is 6.44. The Balaban J connectivity index is 0.00000300. The van der Waals surface area contributed by atoms with Crippen LogP contribution in [0.2, 0.25) is 0 Å². The number of hydrogen-bond donors (Lipinski definition) is 1. The third-order valence-corrected chi connectivity index (χ3v) is 5.18. The monoisotopic (exact) mass is 428 g/mol. The van der Waals surface area contributed by atoms with Crippen LogP contribution >= 0.6 is 0 Å². The number of halogens is 3. The number of benzene rings is 1. The van der Waals surface area contributed by atoms with Crippen molar-refractivity contribution in [1.29, 1.82) is 0 Å². The molecule has 1 aromatic carbocycles. The number of carbonyl (C=O) groups excluding carboxylic acids is 1. The van der Waals surface area contributed by atoms with E-state index in [2.05, 4.69) is 10.3 Å². The van der Waals surface area contributed by atoms with Gasteiger partial charge in [-0.05, 0) is 36.4 Å². The largest absolute Gasteiger partial charge is 0.455 e. The second-order valence-electron chi connectivity index (χ2n) is 5.73. The molecule has 1 amide bonds. The predicted octanol–water partition coefficient (Wildman–Crippen LogP) is 3.09. The molecule has 3 aromatic rings. The van der Waals surface area contributed by atoms with Crippen LogP contribution in [0.5, 0.6) is 0 Å². The van der Waals surface area contributed by atoms with Gasteiger partial charge in [-0.2, -0.15) is 13.2 Å². The minimum Gasteiger partial charge on any atom is -0.455 e. The lowest BCUT2D eigenvalue weighted by atomic mass is 10.3. The summed E-state index contributed by atoms with van der Waals surface area (Å²) in [5.41, 5.74) is -0.517. The van der Waals surface area contributed by atoms with Crippen LogP contribution in [-0.4, -0.2) is 24.8 Å². The molecule has 2 heterocycles. The first-order valence-electron chi connectivity index (χ1n) is 7.86. The summed E-state index contributed by atoms with van der Waals surface area (Å²) >= 11 is 0. The molecule has 0 bridgehead atoms. The molecule has 0 aliphatic heterocycles. The van der Waals surface area contributed by atoms with Crippen LogP contribution in [0.4, 0.5) is 18.9 Å². The van der Waals surface area contributed by atoms with Crippen molar-refractivity contribution in [2.45, 2.75) is 17.0 Å². The van der Waals surface area contributed by atoms with Gasteiger partial charge >= 0.3 is 6.18 Å². The maximum absolute atomic E-state index is 12.6. The average Bonchev–Trinajstić information content (AvgIpc) is 3.10. The Hall–Kier alpha value is -3.18. The quantitative estimate of drug-likeness (QED) is 0.669. The molecule has 0 aliphatic rings. The van der Waals surface area contributed by atoms with E-state index in [-0.39, 0.29) is 17.0 Å². The van der Waals surface area contributed by atoms with E-state index < -0.39 is 38.3 Å². The number of anilines is 1. The first kappa shape index (κ1) is 22.1. The van der Waals surface area contributed by atoms with Crippen LogP contribution in [0.1, 0.15) is 21.9 Å². The minimum atomic E-state index is -4.61. The van der Waals surface area contributed by atoms with Crippen LogP contribution in [-0.2, 0) is 21.8 Å². The van der Waals surface area contributed by atoms with Crippen LogP contribution in [0.3, 0.4) is 0 Å². The van der Waals surface area contributed by atoms with Gasteiger partial charge in [0.2, 0.25) is 9.84 Å². The van der Waals surface area contributed by atoms with Crippen LogP contribution in [0, 0.1) is 0 Å². The molecule has 0 fully saturated rings. The Morgan fingerprint density at radius 3 is 2.31 bits per heavy atom. The molecule has 0 atom stereocenters. The maximum Gasteiger partial charge on any atom is 0.417 e. The number of para-hydroxylation sites is 1. The summed E-state index contributed by atoms with van der Waals surface area (Å²) in [6.45, 7) is 0. The van der Waals surface area contributed by atoms with Gasteiger partial charge in [-0.25, -0.2) is 13.4 Å². The summed E-state index contributed by atoms with van der Waals surface area (Å²) in [5.74, 6) is -1.36. The van der Waals surface area contributed by atoms with Gasteiger partial charge in [-0.3, -0.25) is 4.79 Å². The molecule has 3 N–H and O–H groups in total. The minimum absolute atomic E-state index is 0. The number of aromatic nitrogens is 1. The van der Waals surface area contributed by atoms with Gasteiger partial charge in [-0.15, -0.1) is 0 Å². The molecule has 3 rings (SSSR count). The second kappa shape index (κ2) is 8.45. The molecule has 29 heavy (non-hydrogen) atoms. The molecule has 0 spiro atoms. The first-order valence-corrected chi connectivity index (χ1v) is 9.51. The van der Waals surface area contributed by atoms with E-state index in [0.29, 0.717) is 18.0 Å². The van der Waals surface area contributed by atoms with Gasteiger partial charge in [0.05, 0.1) is 5.56 Å². The Labute approximate surface area is 163 Å². The van der Waals surface area contributed by atoms with Gasteiger partial charge in [0, 0.05) is 11.9 Å². The van der Waals surface area contributed by atoms with Crippen LogP contribution in [0.15, 0.2) is 70.2 Å². The first-order chi connectivity index (χ1) is 13.1. The zero-order valence-electron chi connectivity index (χ0n) is 14.6. The third-order valence-electron chi connectivity index (χ3n) is 3.63. The lowest BCUT2D eigenvalue weighted by Gasteiger charge is -2.07. The van der Waals surface area contributed by atoms with Crippen LogP contribution in [0.25, 0.3) is 0 Å². The SMILES string of the molecule is O.O=C(Nc1ccccc1)c1ccc(CS(=O)(=O)c2ccc(C(F)(F)F)cn2)o1. The lowest BCUT2D eigenvalue weighted by Crippen LogP contribution is -2.11. The zero-order valence-corrected chi connectivity index (χ0v) is 15.4. The van der Waals surface area contributed by atoms with Gasteiger partial charge in [0.1, 0.15) is 11.5 Å². The van der Waals surface area contributed by atoms with Crippen molar-refractivity contribution in [3.63, 3.8) is 0 Å². The molecule has 11 heteroatoms. The van der Waals surface area contributed by atoms with Crippen molar-refractivity contribution in [2.75, 3.05) is 5.32 Å². The number of nitrogens with zero attached hydrogens (tertiary/aromatic N) is 1.